The molecule has 3 aromatic carbocycles. The average Bonchev–Trinajstić information content (AvgIpc) is 3.07. The van der Waals surface area contributed by atoms with Gasteiger partial charge in [0, 0.05) is 23.9 Å². The summed E-state index contributed by atoms with van der Waals surface area (Å²) in [5, 5.41) is 2.63. The van der Waals surface area contributed by atoms with Gasteiger partial charge in [0.05, 0.1) is 23.7 Å². The number of aryl methyl sites for hydroxylation is 1. The van der Waals surface area contributed by atoms with E-state index in [-0.39, 0.29) is 10.5 Å². The van der Waals surface area contributed by atoms with E-state index in [9.17, 15) is 18.0 Å². The molecule has 0 bridgehead atoms. The van der Waals surface area contributed by atoms with Crippen molar-refractivity contribution in [3.8, 4) is 11.5 Å². The van der Waals surface area contributed by atoms with Crippen molar-refractivity contribution in [3.05, 3.63) is 77.9 Å². The molecule has 0 unspecified atom stereocenters. The van der Waals surface area contributed by atoms with Crippen LogP contribution in [0.1, 0.15) is 22.3 Å². The lowest BCUT2D eigenvalue weighted by atomic mass is 10.2. The molecule has 182 valence electrons. The minimum absolute atomic E-state index is 0.000460. The SMILES string of the molecule is Cc1cccc(NS(=O)(=O)c2cccc(C(=O)OCC(=O)Nc3ccc4c(c3)OCCCO4)c2)c1. The lowest BCUT2D eigenvalue weighted by molar-refractivity contribution is -0.119. The third kappa shape index (κ3) is 6.30. The summed E-state index contributed by atoms with van der Waals surface area (Å²) in [6, 6.07) is 17.3. The van der Waals surface area contributed by atoms with Gasteiger partial charge in [-0.2, -0.15) is 0 Å². The molecule has 0 atom stereocenters. The van der Waals surface area contributed by atoms with Crippen molar-refractivity contribution >= 4 is 33.3 Å². The third-order valence-electron chi connectivity index (χ3n) is 5.02. The number of ether oxygens (including phenoxy) is 3. The van der Waals surface area contributed by atoms with Crippen molar-refractivity contribution in [2.45, 2.75) is 18.2 Å². The summed E-state index contributed by atoms with van der Waals surface area (Å²) in [5.41, 5.74) is 1.77. The minimum Gasteiger partial charge on any atom is -0.490 e. The smallest absolute Gasteiger partial charge is 0.338 e. The first kappa shape index (κ1) is 24.1. The molecular weight excluding hydrogens is 472 g/mol. The lowest BCUT2D eigenvalue weighted by Crippen LogP contribution is -2.21. The summed E-state index contributed by atoms with van der Waals surface area (Å²) in [5.74, 6) is -0.266. The van der Waals surface area contributed by atoms with Gasteiger partial charge in [0.2, 0.25) is 0 Å². The molecule has 1 aliphatic heterocycles. The van der Waals surface area contributed by atoms with Crippen molar-refractivity contribution in [1.29, 1.82) is 0 Å². The van der Waals surface area contributed by atoms with Gasteiger partial charge in [0.25, 0.3) is 15.9 Å². The number of benzene rings is 3. The Kier molecular flexibility index (Phi) is 7.21. The summed E-state index contributed by atoms with van der Waals surface area (Å²) in [6.45, 7) is 2.36. The molecule has 0 radical (unpaired) electrons. The van der Waals surface area contributed by atoms with E-state index >= 15 is 0 Å². The molecule has 35 heavy (non-hydrogen) atoms. The fourth-order valence-corrected chi connectivity index (χ4v) is 4.46. The quantitative estimate of drug-likeness (QED) is 0.478. The zero-order valence-electron chi connectivity index (χ0n) is 18.9. The van der Waals surface area contributed by atoms with Gasteiger partial charge in [0.1, 0.15) is 0 Å². The van der Waals surface area contributed by atoms with Crippen molar-refractivity contribution in [2.75, 3.05) is 29.9 Å². The van der Waals surface area contributed by atoms with Gasteiger partial charge in [-0.1, -0.05) is 18.2 Å². The van der Waals surface area contributed by atoms with E-state index in [1.165, 1.54) is 24.3 Å². The van der Waals surface area contributed by atoms with E-state index in [4.69, 9.17) is 14.2 Å². The topological polar surface area (TPSA) is 120 Å². The number of esters is 1. The summed E-state index contributed by atoms with van der Waals surface area (Å²) in [6.07, 6.45) is 0.761. The Bertz CT molecular complexity index is 1360. The maximum Gasteiger partial charge on any atom is 0.338 e. The van der Waals surface area contributed by atoms with Crippen molar-refractivity contribution in [2.24, 2.45) is 0 Å². The molecule has 0 saturated carbocycles. The van der Waals surface area contributed by atoms with Crippen LogP contribution >= 0.6 is 0 Å². The minimum atomic E-state index is -3.93. The number of nitrogens with one attached hydrogen (secondary N) is 2. The van der Waals surface area contributed by atoms with Crippen LogP contribution in [-0.4, -0.2) is 40.1 Å². The molecule has 0 spiro atoms. The highest BCUT2D eigenvalue weighted by atomic mass is 32.2. The molecule has 1 aliphatic rings. The van der Waals surface area contributed by atoms with Crippen LogP contribution in [0.5, 0.6) is 11.5 Å². The molecule has 2 N–H and O–H groups in total. The Morgan fingerprint density at radius 1 is 0.914 bits per heavy atom. The van der Waals surface area contributed by atoms with Gasteiger partial charge in [-0.3, -0.25) is 9.52 Å². The van der Waals surface area contributed by atoms with Crippen molar-refractivity contribution < 1.29 is 32.2 Å². The molecule has 0 aliphatic carbocycles. The van der Waals surface area contributed by atoms with E-state index in [1.807, 2.05) is 13.0 Å². The molecule has 0 fully saturated rings. The fourth-order valence-electron chi connectivity index (χ4n) is 3.37. The summed E-state index contributed by atoms with van der Waals surface area (Å²) >= 11 is 0. The number of rotatable bonds is 7. The largest absolute Gasteiger partial charge is 0.490 e. The average molecular weight is 497 g/mol. The van der Waals surface area contributed by atoms with Crippen LogP contribution < -0.4 is 19.5 Å². The highest BCUT2D eigenvalue weighted by Crippen LogP contribution is 2.32. The Morgan fingerprint density at radius 2 is 1.69 bits per heavy atom. The van der Waals surface area contributed by atoms with Crippen LogP contribution in [-0.2, 0) is 19.6 Å². The third-order valence-corrected chi connectivity index (χ3v) is 6.39. The van der Waals surface area contributed by atoms with Gasteiger partial charge in [-0.25, -0.2) is 13.2 Å². The summed E-state index contributed by atoms with van der Waals surface area (Å²) in [4.78, 5) is 24.6. The Morgan fingerprint density at radius 3 is 2.49 bits per heavy atom. The number of fused-ring (bicyclic) bond motifs is 1. The predicted molar refractivity (Wildman–Crippen MR) is 129 cm³/mol. The first-order chi connectivity index (χ1) is 16.8. The van der Waals surface area contributed by atoms with Crippen LogP contribution in [0, 0.1) is 6.92 Å². The molecular formula is C25H24N2O7S. The fraction of sp³-hybridized carbons (Fsp3) is 0.200. The van der Waals surface area contributed by atoms with Crippen LogP contribution in [0.2, 0.25) is 0 Å². The van der Waals surface area contributed by atoms with Gasteiger partial charge in [-0.15, -0.1) is 0 Å². The number of hydrogen-bond acceptors (Lipinski definition) is 7. The standard InChI is InChI=1S/C25H24N2O7S/c1-17-5-2-7-20(13-17)27-35(30,31)21-8-3-6-18(14-21)25(29)34-16-24(28)26-19-9-10-22-23(15-19)33-12-4-11-32-22/h2-3,5-10,13-15,27H,4,11-12,16H2,1H3,(H,26,28). The van der Waals surface area contributed by atoms with Crippen molar-refractivity contribution in [3.63, 3.8) is 0 Å². The van der Waals surface area contributed by atoms with E-state index in [0.717, 1.165) is 12.0 Å². The number of carbonyl (C=O) groups is 2. The molecule has 9 nitrogen and oxygen atoms in total. The first-order valence-corrected chi connectivity index (χ1v) is 12.3. The molecule has 3 aromatic rings. The van der Waals surface area contributed by atoms with Crippen molar-refractivity contribution in [1.82, 2.24) is 0 Å². The highest BCUT2D eigenvalue weighted by molar-refractivity contribution is 7.92. The molecule has 10 heteroatoms. The zero-order chi connectivity index (χ0) is 24.8. The van der Waals surface area contributed by atoms with E-state index in [1.54, 1.807) is 36.4 Å². The maximum absolute atomic E-state index is 12.7. The Hall–Kier alpha value is -4.05. The zero-order valence-corrected chi connectivity index (χ0v) is 19.8. The summed E-state index contributed by atoms with van der Waals surface area (Å²) < 4.78 is 44.2. The summed E-state index contributed by atoms with van der Waals surface area (Å²) in [7, 11) is -3.93. The van der Waals surface area contributed by atoms with E-state index in [2.05, 4.69) is 10.0 Å². The van der Waals surface area contributed by atoms with Crippen LogP contribution in [0.4, 0.5) is 11.4 Å². The number of anilines is 2. The lowest BCUT2D eigenvalue weighted by Gasteiger charge is -2.11. The number of hydrogen-bond donors (Lipinski definition) is 2. The second-order valence-electron chi connectivity index (χ2n) is 7.84. The Balaban J connectivity index is 1.36. The van der Waals surface area contributed by atoms with E-state index in [0.29, 0.717) is 36.1 Å². The predicted octanol–water partition coefficient (Wildman–Crippen LogP) is 3.75. The van der Waals surface area contributed by atoms with Crippen LogP contribution in [0.15, 0.2) is 71.6 Å². The van der Waals surface area contributed by atoms with Crippen LogP contribution in [0.25, 0.3) is 0 Å². The Labute approximate surface area is 203 Å². The number of carbonyl (C=O) groups excluding carboxylic acids is 2. The second kappa shape index (κ2) is 10.5. The monoisotopic (exact) mass is 496 g/mol. The second-order valence-corrected chi connectivity index (χ2v) is 9.52. The molecule has 0 aromatic heterocycles. The molecule has 0 saturated heterocycles. The first-order valence-electron chi connectivity index (χ1n) is 10.9. The van der Waals surface area contributed by atoms with Gasteiger partial charge < -0.3 is 19.5 Å². The highest BCUT2D eigenvalue weighted by Gasteiger charge is 2.18. The number of amides is 1. The maximum atomic E-state index is 12.7. The normalized spacial score (nSPS) is 12.8. The van der Waals surface area contributed by atoms with Gasteiger partial charge in [0.15, 0.2) is 18.1 Å². The van der Waals surface area contributed by atoms with Gasteiger partial charge in [-0.05, 0) is 55.0 Å². The van der Waals surface area contributed by atoms with E-state index < -0.39 is 28.5 Å². The molecule has 4 rings (SSSR count). The molecule has 1 heterocycles. The molecule has 1 amide bonds. The number of sulfonamides is 1. The van der Waals surface area contributed by atoms with Crippen LogP contribution in [0.3, 0.4) is 0 Å². The van der Waals surface area contributed by atoms with Gasteiger partial charge >= 0.3 is 5.97 Å².